The predicted octanol–water partition coefficient (Wildman–Crippen LogP) is 4.65. The van der Waals surface area contributed by atoms with Crippen LogP contribution in [0.3, 0.4) is 0 Å². The van der Waals surface area contributed by atoms with E-state index in [1.807, 2.05) is 36.4 Å². The lowest BCUT2D eigenvalue weighted by Crippen LogP contribution is -2.14. The lowest BCUT2D eigenvalue weighted by Gasteiger charge is -2.11. The van der Waals surface area contributed by atoms with Gasteiger partial charge < -0.3 is 5.32 Å². The van der Waals surface area contributed by atoms with E-state index in [1.54, 1.807) is 19.1 Å². The summed E-state index contributed by atoms with van der Waals surface area (Å²) < 4.78 is 27.4. The van der Waals surface area contributed by atoms with E-state index in [2.05, 4.69) is 22.3 Å². The molecule has 1 heterocycles. The van der Waals surface area contributed by atoms with Crippen molar-refractivity contribution in [3.05, 3.63) is 71.5 Å². The SMILES string of the molecule is CC#Cc1ccc(-c2ccccc2NC(=O)c2cn(C)nc2C(F)F)cc1. The first-order valence-electron chi connectivity index (χ1n) is 8.25. The van der Waals surface area contributed by atoms with Crippen LogP contribution in [0, 0.1) is 11.8 Å². The number of para-hydroxylation sites is 1. The summed E-state index contributed by atoms with van der Waals surface area (Å²) in [5, 5.41) is 6.39. The van der Waals surface area contributed by atoms with Crippen LogP contribution in [0.2, 0.25) is 0 Å². The van der Waals surface area contributed by atoms with Gasteiger partial charge in [-0.15, -0.1) is 5.92 Å². The van der Waals surface area contributed by atoms with Crippen LogP contribution in [0.25, 0.3) is 11.1 Å². The van der Waals surface area contributed by atoms with Gasteiger partial charge in [-0.05, 0) is 30.7 Å². The molecule has 0 radical (unpaired) electrons. The second kappa shape index (κ2) is 7.83. The molecule has 136 valence electrons. The molecule has 2 aromatic carbocycles. The topological polar surface area (TPSA) is 46.9 Å². The zero-order chi connectivity index (χ0) is 19.4. The number of aromatic nitrogens is 2. The summed E-state index contributed by atoms with van der Waals surface area (Å²) in [6.45, 7) is 1.77. The standard InChI is InChI=1S/C21H17F2N3O/c1-3-6-14-9-11-15(12-10-14)16-7-4-5-8-18(16)24-21(27)17-13-26(2)25-19(17)20(22)23/h4-5,7-13,20H,1-2H3,(H,24,27). The number of aryl methyl sites for hydroxylation is 1. The smallest absolute Gasteiger partial charge is 0.282 e. The molecule has 1 amide bonds. The maximum Gasteiger partial charge on any atom is 0.282 e. The van der Waals surface area contributed by atoms with E-state index in [-0.39, 0.29) is 5.56 Å². The fourth-order valence-corrected chi connectivity index (χ4v) is 2.75. The number of halogens is 2. The summed E-state index contributed by atoms with van der Waals surface area (Å²) in [6.07, 6.45) is -1.54. The van der Waals surface area contributed by atoms with Crippen LogP contribution in [0.1, 0.15) is 35.0 Å². The number of anilines is 1. The van der Waals surface area contributed by atoms with Crippen molar-refractivity contribution >= 4 is 11.6 Å². The van der Waals surface area contributed by atoms with Crippen LogP contribution in [-0.4, -0.2) is 15.7 Å². The number of amides is 1. The summed E-state index contributed by atoms with van der Waals surface area (Å²) in [7, 11) is 1.50. The molecule has 0 saturated heterocycles. The van der Waals surface area contributed by atoms with Gasteiger partial charge in [0.1, 0.15) is 5.69 Å². The van der Waals surface area contributed by atoms with Gasteiger partial charge in [0.2, 0.25) is 0 Å². The highest BCUT2D eigenvalue weighted by Crippen LogP contribution is 2.29. The molecule has 27 heavy (non-hydrogen) atoms. The van der Waals surface area contributed by atoms with Crippen LogP contribution >= 0.6 is 0 Å². The van der Waals surface area contributed by atoms with Gasteiger partial charge in [-0.25, -0.2) is 8.78 Å². The van der Waals surface area contributed by atoms with E-state index in [0.717, 1.165) is 16.7 Å². The Hall–Kier alpha value is -3.46. The first-order chi connectivity index (χ1) is 13.0. The number of hydrogen-bond donors (Lipinski definition) is 1. The normalized spacial score (nSPS) is 10.4. The van der Waals surface area contributed by atoms with Gasteiger partial charge in [-0.1, -0.05) is 36.3 Å². The van der Waals surface area contributed by atoms with Gasteiger partial charge in [0.15, 0.2) is 0 Å². The summed E-state index contributed by atoms with van der Waals surface area (Å²) >= 11 is 0. The van der Waals surface area contributed by atoms with Crippen molar-refractivity contribution in [2.45, 2.75) is 13.3 Å². The van der Waals surface area contributed by atoms with Crippen LogP contribution < -0.4 is 5.32 Å². The van der Waals surface area contributed by atoms with Crippen LogP contribution in [-0.2, 0) is 7.05 Å². The van der Waals surface area contributed by atoms with E-state index < -0.39 is 18.0 Å². The van der Waals surface area contributed by atoms with Crippen LogP contribution in [0.5, 0.6) is 0 Å². The van der Waals surface area contributed by atoms with E-state index in [1.165, 1.54) is 17.9 Å². The van der Waals surface area contributed by atoms with Gasteiger partial charge in [0.05, 0.1) is 5.56 Å². The van der Waals surface area contributed by atoms with E-state index in [4.69, 9.17) is 0 Å². The summed E-state index contributed by atoms with van der Waals surface area (Å²) in [5.74, 6) is 5.19. The minimum absolute atomic E-state index is 0.143. The lowest BCUT2D eigenvalue weighted by molar-refractivity contribution is 0.101. The number of alkyl halides is 2. The van der Waals surface area contributed by atoms with Crippen LogP contribution in [0.4, 0.5) is 14.5 Å². The molecule has 3 rings (SSSR count). The minimum Gasteiger partial charge on any atom is -0.321 e. The third-order valence-corrected chi connectivity index (χ3v) is 3.95. The Balaban J connectivity index is 1.92. The molecule has 4 nitrogen and oxygen atoms in total. The Morgan fingerprint density at radius 3 is 2.52 bits per heavy atom. The summed E-state index contributed by atoms with van der Waals surface area (Å²) in [4.78, 5) is 12.6. The van der Waals surface area contributed by atoms with Crippen molar-refractivity contribution in [1.29, 1.82) is 0 Å². The first kappa shape index (κ1) is 18.3. The van der Waals surface area contributed by atoms with Crippen molar-refractivity contribution in [3.63, 3.8) is 0 Å². The highest BCUT2D eigenvalue weighted by atomic mass is 19.3. The molecule has 0 aliphatic rings. The van der Waals surface area contributed by atoms with Crippen molar-refractivity contribution < 1.29 is 13.6 Å². The molecule has 0 aliphatic heterocycles. The van der Waals surface area contributed by atoms with Crippen molar-refractivity contribution in [3.8, 4) is 23.0 Å². The Morgan fingerprint density at radius 2 is 1.85 bits per heavy atom. The van der Waals surface area contributed by atoms with Gasteiger partial charge in [0.25, 0.3) is 12.3 Å². The molecule has 3 aromatic rings. The predicted molar refractivity (Wildman–Crippen MR) is 101 cm³/mol. The van der Waals surface area contributed by atoms with Crippen LogP contribution in [0.15, 0.2) is 54.7 Å². The highest BCUT2D eigenvalue weighted by Gasteiger charge is 2.23. The second-order valence-corrected chi connectivity index (χ2v) is 5.85. The maximum atomic E-state index is 13.1. The molecule has 0 fully saturated rings. The van der Waals surface area contributed by atoms with Crippen molar-refractivity contribution in [2.24, 2.45) is 7.05 Å². The molecule has 0 atom stereocenters. The number of nitrogens with one attached hydrogen (secondary N) is 1. The number of carbonyl (C=O) groups excluding carboxylic acids is 1. The fourth-order valence-electron chi connectivity index (χ4n) is 2.75. The molecule has 0 bridgehead atoms. The highest BCUT2D eigenvalue weighted by molar-refractivity contribution is 6.06. The number of carbonyl (C=O) groups is 1. The number of benzene rings is 2. The molecule has 6 heteroatoms. The Labute approximate surface area is 155 Å². The number of rotatable bonds is 4. The first-order valence-corrected chi connectivity index (χ1v) is 8.25. The quantitative estimate of drug-likeness (QED) is 0.684. The summed E-state index contributed by atoms with van der Waals surface area (Å²) in [6, 6.07) is 14.8. The van der Waals surface area contributed by atoms with E-state index >= 15 is 0 Å². The lowest BCUT2D eigenvalue weighted by atomic mass is 10.0. The minimum atomic E-state index is -2.82. The van der Waals surface area contributed by atoms with E-state index in [9.17, 15) is 13.6 Å². The molecular weight excluding hydrogens is 348 g/mol. The molecule has 1 aromatic heterocycles. The molecule has 1 N–H and O–H groups in total. The molecular formula is C21H17F2N3O. The largest absolute Gasteiger partial charge is 0.321 e. The van der Waals surface area contributed by atoms with Gasteiger partial charge in [-0.2, -0.15) is 5.10 Å². The second-order valence-electron chi connectivity index (χ2n) is 5.85. The Kier molecular flexibility index (Phi) is 5.32. The fraction of sp³-hybridized carbons (Fsp3) is 0.143. The third kappa shape index (κ3) is 4.04. The monoisotopic (exact) mass is 365 g/mol. The Morgan fingerprint density at radius 1 is 1.15 bits per heavy atom. The maximum absolute atomic E-state index is 13.1. The molecule has 0 spiro atoms. The van der Waals surface area contributed by atoms with Gasteiger partial charge >= 0.3 is 0 Å². The van der Waals surface area contributed by atoms with Gasteiger partial charge in [-0.3, -0.25) is 9.48 Å². The van der Waals surface area contributed by atoms with E-state index in [0.29, 0.717) is 5.69 Å². The van der Waals surface area contributed by atoms with Crippen molar-refractivity contribution in [1.82, 2.24) is 9.78 Å². The molecule has 0 aliphatic carbocycles. The zero-order valence-electron chi connectivity index (χ0n) is 14.8. The number of hydrogen-bond acceptors (Lipinski definition) is 2. The number of nitrogens with zero attached hydrogens (tertiary/aromatic N) is 2. The Bertz CT molecular complexity index is 1030. The van der Waals surface area contributed by atoms with Gasteiger partial charge in [0, 0.05) is 30.1 Å². The average molecular weight is 365 g/mol. The third-order valence-electron chi connectivity index (χ3n) is 3.95. The zero-order valence-corrected chi connectivity index (χ0v) is 14.8. The average Bonchev–Trinajstić information content (AvgIpc) is 3.06. The summed E-state index contributed by atoms with van der Waals surface area (Å²) in [5.41, 5.74) is 2.41. The molecule has 0 saturated carbocycles. The molecule has 0 unspecified atom stereocenters. The van der Waals surface area contributed by atoms with Crippen molar-refractivity contribution in [2.75, 3.05) is 5.32 Å².